The second-order valence-electron chi connectivity index (χ2n) is 18.5. The summed E-state index contributed by atoms with van der Waals surface area (Å²) in [4.78, 5) is 38.1. The van der Waals surface area contributed by atoms with Crippen molar-refractivity contribution < 1.29 is 28.6 Å². The first-order valence-corrected chi connectivity index (χ1v) is 27.9. The van der Waals surface area contributed by atoms with Crippen molar-refractivity contribution in [3.05, 3.63) is 72.9 Å². The van der Waals surface area contributed by atoms with E-state index in [4.69, 9.17) is 14.2 Å². The molecule has 66 heavy (non-hydrogen) atoms. The molecule has 0 aromatic rings. The Hall–Kier alpha value is -3.15. The highest BCUT2D eigenvalue weighted by molar-refractivity contribution is 5.71. The molecule has 0 aliphatic heterocycles. The molecule has 0 spiro atoms. The lowest BCUT2D eigenvalue weighted by atomic mass is 10.1. The summed E-state index contributed by atoms with van der Waals surface area (Å²) in [6, 6.07) is 0. The van der Waals surface area contributed by atoms with Crippen molar-refractivity contribution in [3.8, 4) is 0 Å². The Labute approximate surface area is 408 Å². The normalized spacial score (nSPS) is 12.6. The summed E-state index contributed by atoms with van der Waals surface area (Å²) in [6.07, 6.45) is 68.8. The number of carbonyl (C=O) groups is 3. The van der Waals surface area contributed by atoms with Gasteiger partial charge in [-0.2, -0.15) is 0 Å². The molecule has 1 atom stereocenters. The van der Waals surface area contributed by atoms with Crippen molar-refractivity contribution in [2.45, 2.75) is 277 Å². The zero-order chi connectivity index (χ0) is 47.9. The van der Waals surface area contributed by atoms with Gasteiger partial charge in [-0.05, 0) is 109 Å². The smallest absolute Gasteiger partial charge is 0.306 e. The molecule has 6 nitrogen and oxygen atoms in total. The Balaban J connectivity index is 4.42. The van der Waals surface area contributed by atoms with Crippen LogP contribution in [0.15, 0.2) is 72.9 Å². The molecule has 0 aliphatic rings. The van der Waals surface area contributed by atoms with Crippen LogP contribution in [0.1, 0.15) is 271 Å². The van der Waals surface area contributed by atoms with Gasteiger partial charge in [0.25, 0.3) is 0 Å². The van der Waals surface area contributed by atoms with E-state index in [2.05, 4.69) is 93.7 Å². The van der Waals surface area contributed by atoms with Crippen molar-refractivity contribution in [3.63, 3.8) is 0 Å². The summed E-state index contributed by atoms with van der Waals surface area (Å²) < 4.78 is 16.8. The fourth-order valence-electron chi connectivity index (χ4n) is 7.64. The van der Waals surface area contributed by atoms with E-state index in [0.29, 0.717) is 19.3 Å². The molecule has 0 saturated heterocycles. The van der Waals surface area contributed by atoms with E-state index in [1.54, 1.807) is 0 Å². The molecule has 0 amide bonds. The van der Waals surface area contributed by atoms with Gasteiger partial charge in [0, 0.05) is 19.3 Å². The summed E-state index contributed by atoms with van der Waals surface area (Å²) in [5.41, 5.74) is 0. The fraction of sp³-hybridized carbons (Fsp3) is 0.750. The second-order valence-corrected chi connectivity index (χ2v) is 18.5. The summed E-state index contributed by atoms with van der Waals surface area (Å²) in [7, 11) is 0. The molecule has 0 aliphatic carbocycles. The van der Waals surface area contributed by atoms with Crippen molar-refractivity contribution in [1.29, 1.82) is 0 Å². The van der Waals surface area contributed by atoms with Crippen LogP contribution in [0.3, 0.4) is 0 Å². The molecule has 0 bridgehead atoms. The van der Waals surface area contributed by atoms with Crippen LogP contribution >= 0.6 is 0 Å². The van der Waals surface area contributed by atoms with E-state index in [0.717, 1.165) is 103 Å². The minimum absolute atomic E-state index is 0.0872. The Morgan fingerprint density at radius 3 is 0.879 bits per heavy atom. The van der Waals surface area contributed by atoms with Crippen LogP contribution < -0.4 is 0 Å². The van der Waals surface area contributed by atoms with Crippen molar-refractivity contribution in [1.82, 2.24) is 0 Å². The first kappa shape index (κ1) is 62.8. The molecular weight excluding hydrogens is 817 g/mol. The van der Waals surface area contributed by atoms with Crippen molar-refractivity contribution in [2.75, 3.05) is 13.2 Å². The first-order valence-electron chi connectivity index (χ1n) is 27.9. The predicted molar refractivity (Wildman–Crippen MR) is 284 cm³/mol. The van der Waals surface area contributed by atoms with E-state index < -0.39 is 6.10 Å². The number of ether oxygens (including phenoxy) is 3. The van der Waals surface area contributed by atoms with Crippen LogP contribution in [0.5, 0.6) is 0 Å². The number of allylic oxidation sites excluding steroid dienone is 12. The van der Waals surface area contributed by atoms with Crippen LogP contribution in [0.25, 0.3) is 0 Å². The van der Waals surface area contributed by atoms with Gasteiger partial charge in [0.2, 0.25) is 0 Å². The van der Waals surface area contributed by atoms with Gasteiger partial charge >= 0.3 is 17.9 Å². The number of carbonyl (C=O) groups excluding carboxylic acids is 3. The molecular formula is C60H104O6. The van der Waals surface area contributed by atoms with Gasteiger partial charge in [0.1, 0.15) is 13.2 Å². The van der Waals surface area contributed by atoms with Gasteiger partial charge in [0.15, 0.2) is 6.10 Å². The summed E-state index contributed by atoms with van der Waals surface area (Å²) >= 11 is 0. The second kappa shape index (κ2) is 54.5. The molecule has 0 radical (unpaired) electrons. The molecule has 6 heteroatoms. The van der Waals surface area contributed by atoms with Crippen LogP contribution in [-0.4, -0.2) is 37.2 Å². The maximum absolute atomic E-state index is 12.8. The van der Waals surface area contributed by atoms with E-state index in [1.165, 1.54) is 128 Å². The largest absolute Gasteiger partial charge is 0.462 e. The highest BCUT2D eigenvalue weighted by Crippen LogP contribution is 2.14. The number of unbranched alkanes of at least 4 members (excludes halogenated alkanes) is 27. The van der Waals surface area contributed by atoms with E-state index >= 15 is 0 Å². The van der Waals surface area contributed by atoms with Gasteiger partial charge < -0.3 is 14.2 Å². The fourth-order valence-corrected chi connectivity index (χ4v) is 7.64. The van der Waals surface area contributed by atoms with Gasteiger partial charge in [-0.15, -0.1) is 0 Å². The minimum atomic E-state index is -0.789. The highest BCUT2D eigenvalue weighted by atomic mass is 16.6. The number of hydrogen-bond acceptors (Lipinski definition) is 6. The Kier molecular flexibility index (Phi) is 51.9. The zero-order valence-corrected chi connectivity index (χ0v) is 43.4. The Morgan fingerprint density at radius 1 is 0.303 bits per heavy atom. The first-order chi connectivity index (χ1) is 32.5. The SMILES string of the molecule is CCCC/C=C\C/C=C\CCCCCCCC(=O)OC[C@H](COC(=O)CCCCCCCCC/C=C\C/C=C\CCCCC)OC(=O)CCCCCCCCC/C=C\C/C=C\CCCCC. The van der Waals surface area contributed by atoms with E-state index in [-0.39, 0.29) is 31.1 Å². The molecule has 0 rings (SSSR count). The van der Waals surface area contributed by atoms with E-state index in [1.807, 2.05) is 0 Å². The quantitative estimate of drug-likeness (QED) is 0.0262. The molecule has 0 aromatic carbocycles. The van der Waals surface area contributed by atoms with Crippen LogP contribution in [0.2, 0.25) is 0 Å². The monoisotopic (exact) mass is 921 g/mol. The molecule has 0 aromatic heterocycles. The number of esters is 3. The summed E-state index contributed by atoms with van der Waals surface area (Å²) in [5.74, 6) is -0.911. The van der Waals surface area contributed by atoms with Crippen LogP contribution in [0, 0.1) is 0 Å². The molecule has 0 N–H and O–H groups in total. The third-order valence-corrected chi connectivity index (χ3v) is 11.9. The van der Waals surface area contributed by atoms with Gasteiger partial charge in [-0.3, -0.25) is 14.4 Å². The maximum atomic E-state index is 12.8. The third kappa shape index (κ3) is 51.8. The average molecular weight is 921 g/mol. The van der Waals surface area contributed by atoms with Gasteiger partial charge in [-0.1, -0.05) is 216 Å². The topological polar surface area (TPSA) is 78.9 Å². The lowest BCUT2D eigenvalue weighted by Gasteiger charge is -2.18. The van der Waals surface area contributed by atoms with E-state index in [9.17, 15) is 14.4 Å². The van der Waals surface area contributed by atoms with Crippen molar-refractivity contribution in [2.24, 2.45) is 0 Å². The number of hydrogen-bond donors (Lipinski definition) is 0. The van der Waals surface area contributed by atoms with Gasteiger partial charge in [-0.25, -0.2) is 0 Å². The minimum Gasteiger partial charge on any atom is -0.462 e. The Bertz CT molecular complexity index is 1240. The standard InChI is InChI=1S/C60H104O6/c1-4-7-10-13-16-19-22-25-28-30-32-35-38-41-44-47-50-53-59(62)65-56-57(55-64-58(61)52-49-46-43-40-37-34-27-24-21-18-15-12-9-6-3)66-60(63)54-51-48-45-42-39-36-33-31-29-26-23-20-17-14-11-8-5-2/h15-20,24-29,57H,4-14,21-23,30-56H2,1-3H3/b18-15-,19-16-,20-17-,27-24-,28-25-,29-26-/t57-/m1/s1. The zero-order valence-electron chi connectivity index (χ0n) is 43.4. The maximum Gasteiger partial charge on any atom is 0.306 e. The van der Waals surface area contributed by atoms with Gasteiger partial charge in [0.05, 0.1) is 0 Å². The summed E-state index contributed by atoms with van der Waals surface area (Å²) in [5, 5.41) is 0. The number of rotatable bonds is 50. The Morgan fingerprint density at radius 2 is 0.561 bits per heavy atom. The lowest BCUT2D eigenvalue weighted by Crippen LogP contribution is -2.30. The van der Waals surface area contributed by atoms with Crippen LogP contribution in [0.4, 0.5) is 0 Å². The predicted octanol–water partition coefficient (Wildman–Crippen LogP) is 18.6. The highest BCUT2D eigenvalue weighted by Gasteiger charge is 2.19. The average Bonchev–Trinajstić information content (AvgIpc) is 3.31. The van der Waals surface area contributed by atoms with Crippen molar-refractivity contribution >= 4 is 17.9 Å². The molecule has 0 fully saturated rings. The lowest BCUT2D eigenvalue weighted by molar-refractivity contribution is -0.167. The molecule has 0 unspecified atom stereocenters. The molecule has 0 heterocycles. The summed E-state index contributed by atoms with van der Waals surface area (Å²) in [6.45, 7) is 6.54. The molecule has 0 saturated carbocycles. The third-order valence-electron chi connectivity index (χ3n) is 11.9. The van der Waals surface area contributed by atoms with Crippen LogP contribution in [-0.2, 0) is 28.6 Å². The molecule has 380 valence electrons.